The fraction of sp³-hybridized carbons (Fsp3) is 0.240. The van der Waals surface area contributed by atoms with Crippen molar-refractivity contribution < 1.29 is 14.6 Å². The summed E-state index contributed by atoms with van der Waals surface area (Å²) in [5.41, 5.74) is 5.67. The van der Waals surface area contributed by atoms with Crippen LogP contribution < -0.4 is 10.1 Å². The normalized spacial score (nSPS) is 11.7. The third-order valence-electron chi connectivity index (χ3n) is 4.91. The molecule has 0 heterocycles. The number of ether oxygens (including phenoxy) is 1. The molecule has 0 radical (unpaired) electrons. The maximum absolute atomic E-state index is 11.8. The van der Waals surface area contributed by atoms with Crippen molar-refractivity contribution in [3.05, 3.63) is 83.9 Å². The molecule has 4 heteroatoms. The van der Waals surface area contributed by atoms with E-state index in [1.165, 1.54) is 22.3 Å². The van der Waals surface area contributed by atoms with Gasteiger partial charge in [0.2, 0.25) is 5.91 Å². The molecule has 29 heavy (non-hydrogen) atoms. The van der Waals surface area contributed by atoms with Crippen LogP contribution in [0.4, 0.5) is 5.69 Å². The SMILES string of the molecule is Cc1ccccc1-c1ccc(CCOc2ccc(NC(=O)[C@H](C)CO)cc2)cc1. The number of aryl methyl sites for hydroxylation is 1. The second-order valence-electron chi connectivity index (χ2n) is 7.21. The summed E-state index contributed by atoms with van der Waals surface area (Å²) in [5.74, 6) is 0.133. The van der Waals surface area contributed by atoms with Gasteiger partial charge in [0.15, 0.2) is 0 Å². The highest BCUT2D eigenvalue weighted by atomic mass is 16.5. The van der Waals surface area contributed by atoms with Gasteiger partial charge in [-0.2, -0.15) is 0 Å². The van der Waals surface area contributed by atoms with E-state index in [4.69, 9.17) is 9.84 Å². The number of anilines is 1. The summed E-state index contributed by atoms with van der Waals surface area (Å²) in [6.45, 7) is 4.22. The molecule has 0 saturated heterocycles. The van der Waals surface area contributed by atoms with Gasteiger partial charge in [0, 0.05) is 12.1 Å². The minimum atomic E-state index is -0.428. The van der Waals surface area contributed by atoms with Gasteiger partial charge in [0.25, 0.3) is 0 Å². The zero-order chi connectivity index (χ0) is 20.6. The molecule has 150 valence electrons. The number of nitrogens with one attached hydrogen (secondary N) is 1. The summed E-state index contributed by atoms with van der Waals surface area (Å²) >= 11 is 0. The summed E-state index contributed by atoms with van der Waals surface area (Å²) in [4.78, 5) is 11.8. The summed E-state index contributed by atoms with van der Waals surface area (Å²) in [6.07, 6.45) is 0.820. The molecule has 0 spiro atoms. The van der Waals surface area contributed by atoms with E-state index in [-0.39, 0.29) is 12.5 Å². The molecule has 0 aliphatic rings. The molecule has 3 aromatic carbocycles. The third-order valence-corrected chi connectivity index (χ3v) is 4.91. The fourth-order valence-electron chi connectivity index (χ4n) is 3.02. The average molecular weight is 389 g/mol. The van der Waals surface area contributed by atoms with E-state index < -0.39 is 5.92 Å². The highest BCUT2D eigenvalue weighted by Crippen LogP contribution is 2.23. The lowest BCUT2D eigenvalue weighted by Gasteiger charge is -2.11. The minimum Gasteiger partial charge on any atom is -0.493 e. The van der Waals surface area contributed by atoms with Crippen molar-refractivity contribution in [2.45, 2.75) is 20.3 Å². The van der Waals surface area contributed by atoms with Crippen LogP contribution in [0.15, 0.2) is 72.8 Å². The quantitative estimate of drug-likeness (QED) is 0.579. The predicted octanol–water partition coefficient (Wildman–Crippen LogP) is 4.85. The number of benzene rings is 3. The van der Waals surface area contributed by atoms with Crippen LogP contribution in [0.5, 0.6) is 5.75 Å². The Morgan fingerprint density at radius 1 is 1.00 bits per heavy atom. The molecule has 2 N–H and O–H groups in total. The maximum atomic E-state index is 11.8. The first-order valence-electron chi connectivity index (χ1n) is 9.86. The zero-order valence-corrected chi connectivity index (χ0v) is 16.9. The fourth-order valence-corrected chi connectivity index (χ4v) is 3.02. The van der Waals surface area contributed by atoms with Crippen LogP contribution >= 0.6 is 0 Å². The van der Waals surface area contributed by atoms with Crippen LogP contribution in [0.1, 0.15) is 18.1 Å². The second-order valence-corrected chi connectivity index (χ2v) is 7.21. The van der Waals surface area contributed by atoms with Crippen molar-refractivity contribution >= 4 is 11.6 Å². The monoisotopic (exact) mass is 389 g/mol. The number of amides is 1. The number of aliphatic hydroxyl groups excluding tert-OH is 1. The first-order valence-corrected chi connectivity index (χ1v) is 9.86. The molecule has 0 unspecified atom stereocenters. The van der Waals surface area contributed by atoms with Gasteiger partial charge in [0.1, 0.15) is 5.75 Å². The lowest BCUT2D eigenvalue weighted by molar-refractivity contribution is -0.120. The van der Waals surface area contributed by atoms with Gasteiger partial charge in [-0.3, -0.25) is 4.79 Å². The van der Waals surface area contributed by atoms with Crippen molar-refractivity contribution in [1.29, 1.82) is 0 Å². The highest BCUT2D eigenvalue weighted by Gasteiger charge is 2.11. The molecule has 0 aliphatic carbocycles. The topological polar surface area (TPSA) is 58.6 Å². The van der Waals surface area contributed by atoms with Gasteiger partial charge < -0.3 is 15.2 Å². The van der Waals surface area contributed by atoms with Crippen LogP contribution in [-0.2, 0) is 11.2 Å². The van der Waals surface area contributed by atoms with Crippen molar-refractivity contribution in [3.63, 3.8) is 0 Å². The van der Waals surface area contributed by atoms with Crippen molar-refractivity contribution in [3.8, 4) is 16.9 Å². The molecule has 3 rings (SSSR count). The molecule has 1 amide bonds. The van der Waals surface area contributed by atoms with E-state index >= 15 is 0 Å². The van der Waals surface area contributed by atoms with Crippen LogP contribution in [0.25, 0.3) is 11.1 Å². The van der Waals surface area contributed by atoms with Gasteiger partial charge in [-0.05, 0) is 53.4 Å². The van der Waals surface area contributed by atoms with Gasteiger partial charge in [0.05, 0.1) is 19.1 Å². The third kappa shape index (κ3) is 5.69. The molecular weight excluding hydrogens is 362 g/mol. The summed E-state index contributed by atoms with van der Waals surface area (Å²) in [6, 6.07) is 24.3. The van der Waals surface area contributed by atoms with Crippen molar-refractivity contribution in [2.75, 3.05) is 18.5 Å². The first kappa shape index (κ1) is 20.6. The summed E-state index contributed by atoms with van der Waals surface area (Å²) in [5, 5.41) is 11.8. The molecule has 0 fully saturated rings. The van der Waals surface area contributed by atoms with E-state index in [2.05, 4.69) is 60.8 Å². The Morgan fingerprint density at radius 2 is 1.69 bits per heavy atom. The second kappa shape index (κ2) is 9.89. The Balaban J connectivity index is 1.50. The highest BCUT2D eigenvalue weighted by molar-refractivity contribution is 5.92. The lowest BCUT2D eigenvalue weighted by atomic mass is 9.99. The first-order chi connectivity index (χ1) is 14.1. The molecule has 4 nitrogen and oxygen atoms in total. The van der Waals surface area contributed by atoms with Gasteiger partial charge in [-0.25, -0.2) is 0 Å². The van der Waals surface area contributed by atoms with Crippen LogP contribution in [0, 0.1) is 12.8 Å². The average Bonchev–Trinajstić information content (AvgIpc) is 2.75. The van der Waals surface area contributed by atoms with E-state index in [1.54, 1.807) is 19.1 Å². The Morgan fingerprint density at radius 3 is 2.34 bits per heavy atom. The number of aliphatic hydroxyl groups is 1. The van der Waals surface area contributed by atoms with Crippen molar-refractivity contribution in [1.82, 2.24) is 0 Å². The minimum absolute atomic E-state index is 0.168. The number of hydrogen-bond donors (Lipinski definition) is 2. The Hall–Kier alpha value is -3.11. The molecular formula is C25H27NO3. The van der Waals surface area contributed by atoms with Crippen LogP contribution in [-0.4, -0.2) is 24.2 Å². The standard InChI is InChI=1S/C25H27NO3/c1-18-5-3-4-6-24(18)21-9-7-20(8-10-21)15-16-29-23-13-11-22(12-14-23)26-25(28)19(2)17-27/h3-14,19,27H,15-17H2,1-2H3,(H,26,28)/t19-/m1/s1. The number of carbonyl (C=O) groups excluding carboxylic acids is 1. The van der Waals surface area contributed by atoms with Gasteiger partial charge in [-0.1, -0.05) is 55.5 Å². The van der Waals surface area contributed by atoms with Gasteiger partial charge >= 0.3 is 0 Å². The molecule has 1 atom stereocenters. The predicted molar refractivity (Wildman–Crippen MR) is 117 cm³/mol. The Labute approximate surface area is 172 Å². The number of rotatable bonds is 8. The Bertz CT molecular complexity index is 933. The Kier molecular flexibility index (Phi) is 7.04. The van der Waals surface area contributed by atoms with Gasteiger partial charge in [-0.15, -0.1) is 0 Å². The van der Waals surface area contributed by atoms with E-state index in [1.807, 2.05) is 12.1 Å². The molecule has 0 bridgehead atoms. The maximum Gasteiger partial charge on any atom is 0.229 e. The van der Waals surface area contributed by atoms with E-state index in [9.17, 15) is 4.79 Å². The number of carbonyl (C=O) groups is 1. The molecule has 3 aromatic rings. The van der Waals surface area contributed by atoms with Crippen LogP contribution in [0.3, 0.4) is 0 Å². The molecule has 0 saturated carbocycles. The van der Waals surface area contributed by atoms with Crippen LogP contribution in [0.2, 0.25) is 0 Å². The zero-order valence-electron chi connectivity index (χ0n) is 16.9. The van der Waals surface area contributed by atoms with E-state index in [0.717, 1.165) is 12.2 Å². The summed E-state index contributed by atoms with van der Waals surface area (Å²) in [7, 11) is 0. The lowest BCUT2D eigenvalue weighted by Crippen LogP contribution is -2.22. The number of hydrogen-bond acceptors (Lipinski definition) is 3. The molecule has 0 aromatic heterocycles. The summed E-state index contributed by atoms with van der Waals surface area (Å²) < 4.78 is 5.82. The smallest absolute Gasteiger partial charge is 0.229 e. The molecule has 0 aliphatic heterocycles. The van der Waals surface area contributed by atoms with Crippen molar-refractivity contribution in [2.24, 2.45) is 5.92 Å². The van der Waals surface area contributed by atoms with E-state index in [0.29, 0.717) is 12.3 Å². The largest absolute Gasteiger partial charge is 0.493 e.